The lowest BCUT2D eigenvalue weighted by Crippen LogP contribution is -2.53. The summed E-state index contributed by atoms with van der Waals surface area (Å²) in [5.41, 5.74) is 5.20. The lowest BCUT2D eigenvalue weighted by Gasteiger charge is -2.37. The molecule has 9 heteroatoms. The fourth-order valence-corrected chi connectivity index (χ4v) is 2.94. The van der Waals surface area contributed by atoms with E-state index in [1.807, 2.05) is 0 Å². The average molecular weight is 300 g/mol. The number of nitrogens with zero attached hydrogens (tertiary/aromatic N) is 3. The van der Waals surface area contributed by atoms with Crippen LogP contribution in [0.3, 0.4) is 0 Å². The molecule has 2 N–H and O–H groups in total. The summed E-state index contributed by atoms with van der Waals surface area (Å²) in [6, 6.07) is -0.459. The number of primary amides is 1. The first kappa shape index (κ1) is 15.3. The molecule has 0 aromatic rings. The minimum atomic E-state index is -0.768. The lowest BCUT2D eigenvalue weighted by molar-refractivity contribution is -0.769. The van der Waals surface area contributed by atoms with Crippen LogP contribution in [-0.4, -0.2) is 59.1 Å². The number of hydrogen-bond donors (Lipinski definition) is 1. The molecule has 1 saturated carbocycles. The zero-order valence-corrected chi connectivity index (χ0v) is 11.8. The molecule has 0 bridgehead atoms. The van der Waals surface area contributed by atoms with Crippen LogP contribution in [-0.2, 0) is 9.63 Å². The van der Waals surface area contributed by atoms with Gasteiger partial charge in [-0.15, -0.1) is 10.1 Å². The van der Waals surface area contributed by atoms with Crippen LogP contribution in [0.25, 0.3) is 0 Å². The Bertz CT molecular complexity index is 414. The monoisotopic (exact) mass is 300 g/mol. The smallest absolute Gasteiger partial charge is 0.314 e. The molecule has 0 spiro atoms. The predicted octanol–water partition coefficient (Wildman–Crippen LogP) is -0.0236. The Balaban J connectivity index is 1.77. The van der Waals surface area contributed by atoms with Crippen molar-refractivity contribution in [2.45, 2.75) is 31.8 Å². The molecule has 1 heterocycles. The van der Waals surface area contributed by atoms with Crippen molar-refractivity contribution < 1.29 is 19.5 Å². The Morgan fingerprint density at radius 3 is 2.05 bits per heavy atom. The number of rotatable bonds is 3. The summed E-state index contributed by atoms with van der Waals surface area (Å²) < 4.78 is 0. The molecule has 2 fully saturated rings. The van der Waals surface area contributed by atoms with Crippen molar-refractivity contribution in [1.82, 2.24) is 9.80 Å². The molecule has 1 aliphatic heterocycles. The molecule has 3 amide bonds. The van der Waals surface area contributed by atoms with Crippen molar-refractivity contribution in [3.63, 3.8) is 0 Å². The van der Waals surface area contributed by atoms with Gasteiger partial charge in [-0.3, -0.25) is 4.79 Å². The van der Waals surface area contributed by atoms with Crippen molar-refractivity contribution in [2.75, 3.05) is 26.2 Å². The van der Waals surface area contributed by atoms with E-state index in [1.54, 1.807) is 4.90 Å². The highest BCUT2D eigenvalue weighted by molar-refractivity contribution is 5.79. The van der Waals surface area contributed by atoms with Crippen molar-refractivity contribution in [3.8, 4) is 0 Å². The number of nitrogens with two attached hydrogens (primary N) is 1. The van der Waals surface area contributed by atoms with Crippen molar-refractivity contribution in [3.05, 3.63) is 10.1 Å². The highest BCUT2D eigenvalue weighted by Crippen LogP contribution is 2.28. The van der Waals surface area contributed by atoms with Crippen molar-refractivity contribution in [2.24, 2.45) is 11.7 Å². The summed E-state index contributed by atoms with van der Waals surface area (Å²) in [6.45, 7) is 1.90. The van der Waals surface area contributed by atoms with E-state index in [0.717, 1.165) is 0 Å². The second kappa shape index (κ2) is 6.59. The summed E-state index contributed by atoms with van der Waals surface area (Å²) in [6.07, 6.45) is 1.87. The summed E-state index contributed by atoms with van der Waals surface area (Å²) in [5, 5.41) is 9.51. The number of carbonyl (C=O) groups is 2. The summed E-state index contributed by atoms with van der Waals surface area (Å²) in [4.78, 5) is 41.5. The van der Waals surface area contributed by atoms with Crippen LogP contribution in [0.1, 0.15) is 25.7 Å². The summed E-state index contributed by atoms with van der Waals surface area (Å²) >= 11 is 0. The van der Waals surface area contributed by atoms with E-state index < -0.39 is 17.2 Å². The first-order valence-electron chi connectivity index (χ1n) is 7.11. The normalized spacial score (nSPS) is 26.3. The van der Waals surface area contributed by atoms with E-state index in [1.165, 1.54) is 4.90 Å². The molecule has 2 aliphatic rings. The average Bonchev–Trinajstić information content (AvgIpc) is 2.47. The highest BCUT2D eigenvalue weighted by Gasteiger charge is 2.32. The maximum absolute atomic E-state index is 12.4. The van der Waals surface area contributed by atoms with Gasteiger partial charge < -0.3 is 20.4 Å². The molecule has 0 aromatic carbocycles. The molecule has 9 nitrogen and oxygen atoms in total. The fourth-order valence-electron chi connectivity index (χ4n) is 2.94. The molecule has 1 saturated heterocycles. The third-order valence-corrected chi connectivity index (χ3v) is 4.16. The van der Waals surface area contributed by atoms with Gasteiger partial charge in [-0.05, 0) is 25.7 Å². The van der Waals surface area contributed by atoms with Gasteiger partial charge in [-0.25, -0.2) is 4.79 Å². The standard InChI is InChI=1S/C12H20N4O5/c13-12(18)15-7-5-14(6-8-15)11(17)9-1-3-10(4-2-9)21-16(19)20/h9-10H,1-8H2,(H2,13,18). The molecular weight excluding hydrogens is 280 g/mol. The molecule has 0 atom stereocenters. The predicted molar refractivity (Wildman–Crippen MR) is 71.6 cm³/mol. The van der Waals surface area contributed by atoms with Crippen LogP contribution in [0, 0.1) is 16.0 Å². The zero-order chi connectivity index (χ0) is 15.4. The number of hydrogen-bond acceptors (Lipinski definition) is 5. The van der Waals surface area contributed by atoms with Crippen molar-refractivity contribution in [1.29, 1.82) is 0 Å². The fraction of sp³-hybridized carbons (Fsp3) is 0.833. The van der Waals surface area contributed by atoms with Crippen LogP contribution in [0.5, 0.6) is 0 Å². The first-order valence-corrected chi connectivity index (χ1v) is 7.11. The van der Waals surface area contributed by atoms with Crippen LogP contribution < -0.4 is 5.73 Å². The number of urea groups is 1. The molecule has 118 valence electrons. The number of amides is 3. The van der Waals surface area contributed by atoms with E-state index in [4.69, 9.17) is 5.73 Å². The minimum absolute atomic E-state index is 0.0682. The molecular formula is C12H20N4O5. The Kier molecular flexibility index (Phi) is 4.81. The largest absolute Gasteiger partial charge is 0.351 e. The second-order valence-corrected chi connectivity index (χ2v) is 5.45. The van der Waals surface area contributed by atoms with Crippen molar-refractivity contribution >= 4 is 11.9 Å². The van der Waals surface area contributed by atoms with Gasteiger partial charge >= 0.3 is 6.03 Å². The van der Waals surface area contributed by atoms with E-state index in [-0.39, 0.29) is 11.8 Å². The molecule has 0 unspecified atom stereocenters. The molecule has 21 heavy (non-hydrogen) atoms. The Labute approximate surface area is 122 Å². The molecule has 0 radical (unpaired) electrons. The van der Waals surface area contributed by atoms with Gasteiger partial charge in [0.2, 0.25) is 5.91 Å². The van der Waals surface area contributed by atoms with Crippen LogP contribution >= 0.6 is 0 Å². The SMILES string of the molecule is NC(=O)N1CCN(C(=O)C2CCC(O[N+](=O)[O-])CC2)CC1. The Morgan fingerprint density at radius 1 is 1.05 bits per heavy atom. The van der Waals surface area contributed by atoms with Gasteiger partial charge in [0, 0.05) is 32.1 Å². The van der Waals surface area contributed by atoms with Gasteiger partial charge in [-0.2, -0.15) is 0 Å². The van der Waals surface area contributed by atoms with Crippen LogP contribution in [0.2, 0.25) is 0 Å². The second-order valence-electron chi connectivity index (χ2n) is 5.45. The van der Waals surface area contributed by atoms with Gasteiger partial charge in [0.25, 0.3) is 5.09 Å². The Hall–Kier alpha value is -2.06. The quantitative estimate of drug-likeness (QED) is 0.580. The number of carbonyl (C=O) groups excluding carboxylic acids is 2. The van der Waals surface area contributed by atoms with E-state index in [2.05, 4.69) is 4.84 Å². The van der Waals surface area contributed by atoms with E-state index in [0.29, 0.717) is 51.9 Å². The van der Waals surface area contributed by atoms with Crippen LogP contribution in [0.4, 0.5) is 4.79 Å². The van der Waals surface area contributed by atoms with Gasteiger partial charge in [0.15, 0.2) is 0 Å². The lowest BCUT2D eigenvalue weighted by atomic mass is 9.86. The van der Waals surface area contributed by atoms with Gasteiger partial charge in [0.1, 0.15) is 6.10 Å². The third kappa shape index (κ3) is 3.96. The highest BCUT2D eigenvalue weighted by atomic mass is 17.0. The zero-order valence-electron chi connectivity index (χ0n) is 11.8. The third-order valence-electron chi connectivity index (χ3n) is 4.16. The maximum Gasteiger partial charge on any atom is 0.314 e. The summed E-state index contributed by atoms with van der Waals surface area (Å²) in [5.74, 6) is -0.0320. The molecule has 2 rings (SSSR count). The minimum Gasteiger partial charge on any atom is -0.351 e. The van der Waals surface area contributed by atoms with Gasteiger partial charge in [0.05, 0.1) is 0 Å². The topological polar surface area (TPSA) is 119 Å². The number of piperazine rings is 1. The summed E-state index contributed by atoms with van der Waals surface area (Å²) in [7, 11) is 0. The molecule has 1 aliphatic carbocycles. The van der Waals surface area contributed by atoms with E-state index >= 15 is 0 Å². The molecule has 0 aromatic heterocycles. The van der Waals surface area contributed by atoms with Gasteiger partial charge in [-0.1, -0.05) is 0 Å². The van der Waals surface area contributed by atoms with Crippen LogP contribution in [0.15, 0.2) is 0 Å². The van der Waals surface area contributed by atoms with E-state index in [9.17, 15) is 19.7 Å². The first-order chi connectivity index (χ1) is 9.97. The maximum atomic E-state index is 12.4. The Morgan fingerprint density at radius 2 is 1.57 bits per heavy atom.